The third kappa shape index (κ3) is 3.46. The summed E-state index contributed by atoms with van der Waals surface area (Å²) in [6.45, 7) is 2.19. The molecule has 0 aliphatic rings. The van der Waals surface area contributed by atoms with Crippen molar-refractivity contribution in [3.8, 4) is 0 Å². The molecule has 1 unspecified atom stereocenters. The highest BCUT2D eigenvalue weighted by molar-refractivity contribution is 7.89. The van der Waals surface area contributed by atoms with E-state index in [2.05, 4.69) is 0 Å². The van der Waals surface area contributed by atoms with Crippen LogP contribution in [0.3, 0.4) is 0 Å². The zero-order valence-electron chi connectivity index (χ0n) is 11.8. The largest absolute Gasteiger partial charge is 0.326 e. The lowest BCUT2D eigenvalue weighted by Gasteiger charge is -2.24. The summed E-state index contributed by atoms with van der Waals surface area (Å²) in [5.74, 6) is 0. The Balaban J connectivity index is 2.28. The van der Waals surface area contributed by atoms with Crippen molar-refractivity contribution in [2.75, 3.05) is 7.05 Å². The lowest BCUT2D eigenvalue weighted by atomic mass is 10.1. The standard InChI is InChI=1S/C14H17ClN2O2S2/c1-10(11-3-5-12(15)6-4-11)17(2)21(18,19)14-7-13(8-16)20-9-14/h3-7,9-10H,8,16H2,1-2H3. The number of halogens is 1. The Labute approximate surface area is 134 Å². The van der Waals surface area contributed by atoms with Crippen LogP contribution >= 0.6 is 22.9 Å². The zero-order valence-corrected chi connectivity index (χ0v) is 14.2. The van der Waals surface area contributed by atoms with Gasteiger partial charge in [-0.3, -0.25) is 0 Å². The smallest absolute Gasteiger partial charge is 0.244 e. The van der Waals surface area contributed by atoms with Crippen molar-refractivity contribution in [2.45, 2.75) is 24.4 Å². The minimum atomic E-state index is -3.53. The maximum Gasteiger partial charge on any atom is 0.244 e. The fraction of sp³-hybridized carbons (Fsp3) is 0.286. The van der Waals surface area contributed by atoms with Crippen LogP contribution in [0.2, 0.25) is 5.02 Å². The Morgan fingerprint density at radius 3 is 2.48 bits per heavy atom. The molecule has 0 spiro atoms. The van der Waals surface area contributed by atoms with Gasteiger partial charge < -0.3 is 5.73 Å². The van der Waals surface area contributed by atoms with Crippen LogP contribution in [0, 0.1) is 0 Å². The van der Waals surface area contributed by atoms with Crippen LogP contribution in [0.1, 0.15) is 23.4 Å². The van der Waals surface area contributed by atoms with Crippen molar-refractivity contribution < 1.29 is 8.42 Å². The van der Waals surface area contributed by atoms with Gasteiger partial charge in [-0.15, -0.1) is 11.3 Å². The summed E-state index contributed by atoms with van der Waals surface area (Å²) in [5, 5.41) is 2.25. The number of benzene rings is 1. The Bertz CT molecular complexity index is 711. The van der Waals surface area contributed by atoms with Crippen LogP contribution < -0.4 is 5.73 Å². The second-order valence-corrected chi connectivity index (χ2v) is 8.13. The summed E-state index contributed by atoms with van der Waals surface area (Å²) in [6.07, 6.45) is 0. The number of hydrogen-bond acceptors (Lipinski definition) is 4. The molecule has 4 nitrogen and oxygen atoms in total. The SMILES string of the molecule is CC(c1ccc(Cl)cc1)N(C)S(=O)(=O)c1csc(CN)c1. The number of hydrogen-bond donors (Lipinski definition) is 1. The van der Waals surface area contributed by atoms with Gasteiger partial charge in [0.1, 0.15) is 0 Å². The Morgan fingerprint density at radius 1 is 1.33 bits per heavy atom. The van der Waals surface area contributed by atoms with Gasteiger partial charge in [-0.1, -0.05) is 23.7 Å². The van der Waals surface area contributed by atoms with Crippen molar-refractivity contribution in [2.24, 2.45) is 5.73 Å². The van der Waals surface area contributed by atoms with Crippen LogP contribution in [0.4, 0.5) is 0 Å². The molecule has 0 fully saturated rings. The molecule has 7 heteroatoms. The molecule has 2 rings (SSSR count). The predicted octanol–water partition coefficient (Wildman–Crippen LogP) is 3.24. The summed E-state index contributed by atoms with van der Waals surface area (Å²) in [6, 6.07) is 8.52. The molecule has 0 radical (unpaired) electrons. The fourth-order valence-electron chi connectivity index (χ4n) is 1.93. The second kappa shape index (κ2) is 6.46. The molecule has 1 aromatic heterocycles. The predicted molar refractivity (Wildman–Crippen MR) is 87.0 cm³/mol. The lowest BCUT2D eigenvalue weighted by Crippen LogP contribution is -2.29. The molecular formula is C14H17ClN2O2S2. The van der Waals surface area contributed by atoms with Crippen LogP contribution in [0.15, 0.2) is 40.6 Å². The molecule has 2 N–H and O–H groups in total. The lowest BCUT2D eigenvalue weighted by molar-refractivity contribution is 0.398. The van der Waals surface area contributed by atoms with Gasteiger partial charge in [0.2, 0.25) is 10.0 Å². The van der Waals surface area contributed by atoms with Gasteiger partial charge in [-0.2, -0.15) is 4.31 Å². The van der Waals surface area contributed by atoms with E-state index >= 15 is 0 Å². The van der Waals surface area contributed by atoms with E-state index in [0.717, 1.165) is 10.4 Å². The molecule has 21 heavy (non-hydrogen) atoms. The first-order valence-corrected chi connectivity index (χ1v) is 9.07. The van der Waals surface area contributed by atoms with E-state index in [1.807, 2.05) is 19.1 Å². The molecule has 1 atom stereocenters. The highest BCUT2D eigenvalue weighted by atomic mass is 35.5. The number of nitrogens with zero attached hydrogens (tertiary/aromatic N) is 1. The van der Waals surface area contributed by atoms with Crippen LogP contribution in [-0.2, 0) is 16.6 Å². The van der Waals surface area contributed by atoms with Gasteiger partial charge in [0, 0.05) is 34.9 Å². The normalized spacial score (nSPS) is 13.6. The molecule has 0 bridgehead atoms. The topological polar surface area (TPSA) is 63.4 Å². The van der Waals surface area contributed by atoms with E-state index in [0.29, 0.717) is 11.6 Å². The van der Waals surface area contributed by atoms with Crippen molar-refractivity contribution in [3.63, 3.8) is 0 Å². The van der Waals surface area contributed by atoms with Crippen LogP contribution in [0.5, 0.6) is 0 Å². The van der Waals surface area contributed by atoms with Crippen LogP contribution in [0.25, 0.3) is 0 Å². The van der Waals surface area contributed by atoms with Crippen molar-refractivity contribution in [1.82, 2.24) is 4.31 Å². The summed E-state index contributed by atoms with van der Waals surface area (Å²) in [5.41, 5.74) is 6.43. The monoisotopic (exact) mass is 344 g/mol. The van der Waals surface area contributed by atoms with E-state index < -0.39 is 10.0 Å². The summed E-state index contributed by atoms with van der Waals surface area (Å²) in [4.78, 5) is 1.14. The Morgan fingerprint density at radius 2 is 1.95 bits per heavy atom. The third-order valence-electron chi connectivity index (χ3n) is 3.41. The van der Waals surface area contributed by atoms with Gasteiger partial charge in [0.25, 0.3) is 0 Å². The van der Waals surface area contributed by atoms with Crippen molar-refractivity contribution in [3.05, 3.63) is 51.2 Å². The molecule has 0 aliphatic carbocycles. The quantitative estimate of drug-likeness (QED) is 0.905. The molecule has 1 heterocycles. The minimum Gasteiger partial charge on any atom is -0.326 e. The number of rotatable bonds is 5. The average molecular weight is 345 g/mol. The molecule has 114 valence electrons. The van der Waals surface area contributed by atoms with Gasteiger partial charge in [-0.25, -0.2) is 8.42 Å². The third-order valence-corrected chi connectivity index (χ3v) is 6.67. The number of sulfonamides is 1. The summed E-state index contributed by atoms with van der Waals surface area (Å²) < 4.78 is 26.6. The van der Waals surface area contributed by atoms with E-state index in [1.165, 1.54) is 15.6 Å². The molecule has 0 amide bonds. The Kier molecular flexibility index (Phi) is 5.06. The average Bonchev–Trinajstić information content (AvgIpc) is 2.96. The van der Waals surface area contributed by atoms with E-state index in [4.69, 9.17) is 17.3 Å². The molecular weight excluding hydrogens is 328 g/mol. The molecule has 1 aromatic carbocycles. The van der Waals surface area contributed by atoms with Gasteiger partial charge in [-0.05, 0) is 30.7 Å². The fourth-order valence-corrected chi connectivity index (χ4v) is 4.55. The van der Waals surface area contributed by atoms with Crippen molar-refractivity contribution in [1.29, 1.82) is 0 Å². The first-order chi connectivity index (χ1) is 9.86. The number of thiophene rings is 1. The first kappa shape index (κ1) is 16.5. The van der Waals surface area contributed by atoms with Gasteiger partial charge >= 0.3 is 0 Å². The second-order valence-electron chi connectivity index (χ2n) is 4.70. The zero-order chi connectivity index (χ0) is 15.6. The van der Waals surface area contributed by atoms with E-state index in [-0.39, 0.29) is 10.9 Å². The van der Waals surface area contributed by atoms with Crippen LogP contribution in [-0.4, -0.2) is 19.8 Å². The molecule has 0 saturated heterocycles. The summed E-state index contributed by atoms with van der Waals surface area (Å²) >= 11 is 7.21. The highest BCUT2D eigenvalue weighted by Crippen LogP contribution is 2.28. The minimum absolute atomic E-state index is 0.284. The molecule has 0 saturated carbocycles. The van der Waals surface area contributed by atoms with E-state index in [1.54, 1.807) is 30.6 Å². The van der Waals surface area contributed by atoms with Crippen molar-refractivity contribution >= 4 is 33.0 Å². The van der Waals surface area contributed by atoms with E-state index in [9.17, 15) is 8.42 Å². The molecule has 0 aliphatic heterocycles. The van der Waals surface area contributed by atoms with Gasteiger partial charge in [0.05, 0.1) is 4.90 Å². The highest BCUT2D eigenvalue weighted by Gasteiger charge is 2.27. The first-order valence-electron chi connectivity index (χ1n) is 6.37. The van der Waals surface area contributed by atoms with Gasteiger partial charge in [0.15, 0.2) is 0 Å². The molecule has 2 aromatic rings. The summed E-state index contributed by atoms with van der Waals surface area (Å²) in [7, 11) is -1.95. The maximum absolute atomic E-state index is 12.6. The number of nitrogens with two attached hydrogens (primary N) is 1. The Hall–Kier alpha value is -0.920. The maximum atomic E-state index is 12.6.